The van der Waals surface area contributed by atoms with Crippen LogP contribution in [-0.2, 0) is 18.4 Å². The van der Waals surface area contributed by atoms with Gasteiger partial charge in [0.15, 0.2) is 0 Å². The largest absolute Gasteiger partial charge is 0.342 e. The smallest absolute Gasteiger partial charge is 0.230 e. The Bertz CT molecular complexity index is 855. The van der Waals surface area contributed by atoms with Crippen LogP contribution in [0, 0.1) is 11.3 Å². The van der Waals surface area contributed by atoms with E-state index in [0.29, 0.717) is 5.91 Å². The number of aromatic nitrogens is 2. The number of amides is 1. The van der Waals surface area contributed by atoms with Gasteiger partial charge >= 0.3 is 0 Å². The van der Waals surface area contributed by atoms with Crippen molar-refractivity contribution in [2.45, 2.75) is 45.1 Å². The lowest BCUT2D eigenvalue weighted by Gasteiger charge is -2.42. The molecule has 1 spiro atoms. The average Bonchev–Trinajstić information content (AvgIpc) is 3.18. The maximum atomic E-state index is 13.3. The van der Waals surface area contributed by atoms with E-state index >= 15 is 0 Å². The van der Waals surface area contributed by atoms with Crippen LogP contribution in [0.2, 0.25) is 0 Å². The molecule has 0 N–H and O–H groups in total. The molecule has 2 aromatic rings. The maximum absolute atomic E-state index is 13.3. The Morgan fingerprint density at radius 2 is 2.00 bits per heavy atom. The molecule has 5 heteroatoms. The van der Waals surface area contributed by atoms with Crippen LogP contribution < -0.4 is 0 Å². The van der Waals surface area contributed by atoms with E-state index in [1.54, 1.807) is 0 Å². The van der Waals surface area contributed by atoms with E-state index in [2.05, 4.69) is 39.6 Å². The molecule has 1 amide bonds. The van der Waals surface area contributed by atoms with Crippen molar-refractivity contribution in [2.75, 3.05) is 26.2 Å². The first-order valence-electron chi connectivity index (χ1n) is 10.6. The molecular formula is C22H30N4O. The van der Waals surface area contributed by atoms with Gasteiger partial charge in [0.2, 0.25) is 5.91 Å². The molecular weight excluding hydrogens is 336 g/mol. The number of rotatable bonds is 4. The van der Waals surface area contributed by atoms with Gasteiger partial charge in [-0.25, -0.2) is 4.98 Å². The van der Waals surface area contributed by atoms with E-state index in [1.807, 2.05) is 6.07 Å². The van der Waals surface area contributed by atoms with Gasteiger partial charge in [0.25, 0.3) is 0 Å². The number of nitrogens with zero attached hydrogens (tertiary/aromatic N) is 4. The van der Waals surface area contributed by atoms with E-state index in [0.717, 1.165) is 62.8 Å². The Morgan fingerprint density at radius 1 is 1.15 bits per heavy atom. The monoisotopic (exact) mass is 366 g/mol. The Kier molecular flexibility index (Phi) is 4.23. The predicted octanol–water partition coefficient (Wildman–Crippen LogP) is 3.19. The highest BCUT2D eigenvalue weighted by Gasteiger charge is 2.48. The molecule has 0 radical (unpaired) electrons. The SMILES string of the molecule is Cn1c(CN2CC[C@]3(CCCN(CC4CCC4)C3=O)C2)nc2ccccc21. The molecule has 1 atom stereocenters. The van der Waals surface area contributed by atoms with Crippen molar-refractivity contribution in [3.05, 3.63) is 30.1 Å². The van der Waals surface area contributed by atoms with Gasteiger partial charge in [-0.2, -0.15) is 0 Å². The summed E-state index contributed by atoms with van der Waals surface area (Å²) in [7, 11) is 2.10. The van der Waals surface area contributed by atoms with Crippen molar-refractivity contribution in [1.29, 1.82) is 0 Å². The van der Waals surface area contributed by atoms with Crippen molar-refractivity contribution in [3.63, 3.8) is 0 Å². The fourth-order valence-corrected chi connectivity index (χ4v) is 5.32. The van der Waals surface area contributed by atoms with Crippen molar-refractivity contribution in [3.8, 4) is 0 Å². The highest BCUT2D eigenvalue weighted by Crippen LogP contribution is 2.41. The minimum atomic E-state index is -0.132. The number of para-hydroxylation sites is 2. The number of fused-ring (bicyclic) bond motifs is 1. The molecule has 0 bridgehead atoms. The molecule has 5 rings (SSSR count). The maximum Gasteiger partial charge on any atom is 0.230 e. The van der Waals surface area contributed by atoms with Crippen LogP contribution in [0.3, 0.4) is 0 Å². The topological polar surface area (TPSA) is 41.4 Å². The quantitative estimate of drug-likeness (QED) is 0.834. The highest BCUT2D eigenvalue weighted by atomic mass is 16.2. The second kappa shape index (κ2) is 6.62. The summed E-state index contributed by atoms with van der Waals surface area (Å²) in [6.07, 6.45) is 7.22. The third-order valence-corrected chi connectivity index (χ3v) is 7.21. The second-order valence-electron chi connectivity index (χ2n) is 8.97. The third-order valence-electron chi connectivity index (χ3n) is 7.21. The standard InChI is InChI=1S/C22H30N4O/c1-24-19-9-3-2-8-18(19)23-20(24)15-25-13-11-22(16-25)10-5-12-26(21(22)27)14-17-6-4-7-17/h2-3,8-9,17H,4-7,10-16H2,1H3/t22-/m1/s1. The summed E-state index contributed by atoms with van der Waals surface area (Å²) in [6.45, 7) is 4.72. The molecule has 0 unspecified atom stereocenters. The zero-order chi connectivity index (χ0) is 18.4. The molecule has 3 aliphatic rings. The van der Waals surface area contributed by atoms with Gasteiger partial charge in [-0.05, 0) is 56.7 Å². The van der Waals surface area contributed by atoms with E-state index in [4.69, 9.17) is 4.98 Å². The van der Waals surface area contributed by atoms with Crippen LogP contribution in [-0.4, -0.2) is 51.4 Å². The van der Waals surface area contributed by atoms with Crippen LogP contribution in [0.4, 0.5) is 0 Å². The molecule has 1 aromatic carbocycles. The Hall–Kier alpha value is -1.88. The average molecular weight is 367 g/mol. The van der Waals surface area contributed by atoms with Crippen molar-refractivity contribution in [1.82, 2.24) is 19.4 Å². The van der Waals surface area contributed by atoms with Crippen LogP contribution in [0.5, 0.6) is 0 Å². The normalized spacial score (nSPS) is 27.0. The number of imidazole rings is 1. The molecule has 3 fully saturated rings. The summed E-state index contributed by atoms with van der Waals surface area (Å²) < 4.78 is 2.20. The minimum absolute atomic E-state index is 0.132. The molecule has 1 aromatic heterocycles. The molecule has 27 heavy (non-hydrogen) atoms. The molecule has 5 nitrogen and oxygen atoms in total. The lowest BCUT2D eigenvalue weighted by molar-refractivity contribution is -0.146. The van der Waals surface area contributed by atoms with Crippen molar-refractivity contribution >= 4 is 16.9 Å². The number of benzene rings is 1. The summed E-state index contributed by atoms with van der Waals surface area (Å²) in [5.41, 5.74) is 2.11. The summed E-state index contributed by atoms with van der Waals surface area (Å²) >= 11 is 0. The van der Waals surface area contributed by atoms with E-state index in [9.17, 15) is 4.79 Å². The van der Waals surface area contributed by atoms with Gasteiger partial charge in [-0.15, -0.1) is 0 Å². The third kappa shape index (κ3) is 2.96. The first-order chi connectivity index (χ1) is 13.1. The number of hydrogen-bond donors (Lipinski definition) is 0. The first kappa shape index (κ1) is 17.2. The first-order valence-corrected chi connectivity index (χ1v) is 10.6. The summed E-state index contributed by atoms with van der Waals surface area (Å²) in [5.74, 6) is 2.30. The Morgan fingerprint density at radius 3 is 2.78 bits per heavy atom. The Labute approximate surface area is 161 Å². The van der Waals surface area contributed by atoms with Crippen LogP contribution in [0.25, 0.3) is 11.0 Å². The number of likely N-dealkylation sites (tertiary alicyclic amines) is 2. The van der Waals surface area contributed by atoms with E-state index < -0.39 is 0 Å². The summed E-state index contributed by atoms with van der Waals surface area (Å²) in [4.78, 5) is 22.8. The molecule has 3 heterocycles. The van der Waals surface area contributed by atoms with Crippen LogP contribution >= 0.6 is 0 Å². The molecule has 1 saturated carbocycles. The van der Waals surface area contributed by atoms with Crippen LogP contribution in [0.15, 0.2) is 24.3 Å². The number of hydrogen-bond acceptors (Lipinski definition) is 3. The van der Waals surface area contributed by atoms with Gasteiger partial charge in [0.05, 0.1) is 23.0 Å². The Balaban J connectivity index is 1.29. The molecule has 2 saturated heterocycles. The van der Waals surface area contributed by atoms with E-state index in [1.165, 1.54) is 31.2 Å². The van der Waals surface area contributed by atoms with Crippen LogP contribution in [0.1, 0.15) is 44.3 Å². The van der Waals surface area contributed by atoms with E-state index in [-0.39, 0.29) is 5.41 Å². The second-order valence-corrected chi connectivity index (χ2v) is 8.97. The summed E-state index contributed by atoms with van der Waals surface area (Å²) in [5, 5.41) is 0. The molecule has 144 valence electrons. The molecule has 1 aliphatic carbocycles. The number of carbonyl (C=O) groups is 1. The lowest BCUT2D eigenvalue weighted by Crippen LogP contribution is -2.51. The zero-order valence-electron chi connectivity index (χ0n) is 16.4. The highest BCUT2D eigenvalue weighted by molar-refractivity contribution is 5.84. The zero-order valence-corrected chi connectivity index (χ0v) is 16.4. The van der Waals surface area contributed by atoms with Crippen molar-refractivity contribution in [2.24, 2.45) is 18.4 Å². The van der Waals surface area contributed by atoms with Crippen molar-refractivity contribution < 1.29 is 4.79 Å². The number of aryl methyl sites for hydroxylation is 1. The van der Waals surface area contributed by atoms with Gasteiger partial charge in [-0.3, -0.25) is 9.69 Å². The predicted molar refractivity (Wildman–Crippen MR) is 106 cm³/mol. The number of piperidine rings is 1. The minimum Gasteiger partial charge on any atom is -0.342 e. The summed E-state index contributed by atoms with van der Waals surface area (Å²) in [6, 6.07) is 8.31. The van der Waals surface area contributed by atoms with Gasteiger partial charge in [0.1, 0.15) is 5.82 Å². The number of carbonyl (C=O) groups excluding carboxylic acids is 1. The molecule has 2 aliphatic heterocycles. The fraction of sp³-hybridized carbons (Fsp3) is 0.636. The fourth-order valence-electron chi connectivity index (χ4n) is 5.32. The lowest BCUT2D eigenvalue weighted by atomic mass is 9.77. The van der Waals surface area contributed by atoms with Gasteiger partial charge < -0.3 is 9.47 Å². The van der Waals surface area contributed by atoms with Gasteiger partial charge in [-0.1, -0.05) is 18.6 Å². The van der Waals surface area contributed by atoms with Gasteiger partial charge in [0, 0.05) is 26.7 Å².